The maximum atomic E-state index is 11.4. The maximum Gasteiger partial charge on any atom is 0.306 e. The van der Waals surface area contributed by atoms with Crippen LogP contribution >= 0.6 is 0 Å². The Kier molecular flexibility index (Phi) is 5.35. The summed E-state index contributed by atoms with van der Waals surface area (Å²) in [6.07, 6.45) is 1.36. The van der Waals surface area contributed by atoms with E-state index in [9.17, 15) is 13.2 Å². The monoisotopic (exact) mass is 286 g/mol. The van der Waals surface area contributed by atoms with E-state index < -0.39 is 10.1 Å². The smallest absolute Gasteiger partial charge is 0.306 e. The van der Waals surface area contributed by atoms with Gasteiger partial charge in [0.25, 0.3) is 0 Å². The van der Waals surface area contributed by atoms with Gasteiger partial charge in [0.05, 0.1) is 6.26 Å². The molecule has 1 aromatic rings. The number of carbonyl (C=O) groups excluding carboxylic acids is 1. The van der Waals surface area contributed by atoms with E-state index >= 15 is 0 Å². The minimum atomic E-state index is -3.51. The Bertz CT molecular complexity index is 516. The molecule has 0 radical (unpaired) electrons. The first-order valence-electron chi connectivity index (χ1n) is 5.90. The van der Waals surface area contributed by atoms with Gasteiger partial charge in [0.15, 0.2) is 0 Å². The van der Waals surface area contributed by atoms with E-state index in [2.05, 4.69) is 0 Å². The van der Waals surface area contributed by atoms with Crippen LogP contribution in [-0.4, -0.2) is 20.6 Å². The summed E-state index contributed by atoms with van der Waals surface area (Å²) in [6.45, 7) is 4.06. The number of esters is 1. The first-order valence-corrected chi connectivity index (χ1v) is 7.72. The highest BCUT2D eigenvalue weighted by Crippen LogP contribution is 2.15. The SMILES string of the molecule is CC(C)CC(=O)OCc1ccc(OS(C)(=O)=O)cc1. The Balaban J connectivity index is 2.51. The summed E-state index contributed by atoms with van der Waals surface area (Å²) in [7, 11) is -3.51. The van der Waals surface area contributed by atoms with Crippen LogP contribution in [0, 0.1) is 5.92 Å². The van der Waals surface area contributed by atoms with Crippen LogP contribution in [0.1, 0.15) is 25.8 Å². The predicted molar refractivity (Wildman–Crippen MR) is 71.2 cm³/mol. The van der Waals surface area contributed by atoms with Crippen molar-refractivity contribution in [3.8, 4) is 5.75 Å². The van der Waals surface area contributed by atoms with Gasteiger partial charge < -0.3 is 8.92 Å². The topological polar surface area (TPSA) is 69.7 Å². The molecule has 0 aliphatic heterocycles. The quantitative estimate of drug-likeness (QED) is 0.591. The van der Waals surface area contributed by atoms with E-state index in [0.29, 0.717) is 6.42 Å². The number of hydrogen-bond donors (Lipinski definition) is 0. The number of rotatable bonds is 6. The van der Waals surface area contributed by atoms with Crippen LogP contribution in [0.4, 0.5) is 0 Å². The lowest BCUT2D eigenvalue weighted by molar-refractivity contribution is -0.145. The predicted octanol–water partition coefficient (Wildman–Crippen LogP) is 2.11. The van der Waals surface area contributed by atoms with Gasteiger partial charge in [-0.05, 0) is 23.6 Å². The van der Waals surface area contributed by atoms with Crippen molar-refractivity contribution >= 4 is 16.1 Å². The second-order valence-corrected chi connectivity index (χ2v) is 6.26. The Morgan fingerprint density at radius 3 is 2.26 bits per heavy atom. The number of carbonyl (C=O) groups is 1. The molecule has 0 atom stereocenters. The Morgan fingerprint density at radius 2 is 1.79 bits per heavy atom. The molecule has 106 valence electrons. The van der Waals surface area contributed by atoms with Gasteiger partial charge in [-0.2, -0.15) is 8.42 Å². The molecule has 0 spiro atoms. The molecular formula is C13H18O5S. The van der Waals surface area contributed by atoms with Crippen LogP contribution in [0.5, 0.6) is 5.75 Å². The molecule has 0 saturated heterocycles. The maximum absolute atomic E-state index is 11.4. The van der Waals surface area contributed by atoms with Gasteiger partial charge in [0.1, 0.15) is 12.4 Å². The normalized spacial score (nSPS) is 11.4. The highest BCUT2D eigenvalue weighted by molar-refractivity contribution is 7.86. The zero-order valence-electron chi connectivity index (χ0n) is 11.3. The average molecular weight is 286 g/mol. The number of benzene rings is 1. The van der Waals surface area contributed by atoms with Gasteiger partial charge >= 0.3 is 16.1 Å². The minimum absolute atomic E-state index is 0.171. The molecule has 6 heteroatoms. The van der Waals surface area contributed by atoms with E-state index in [1.807, 2.05) is 13.8 Å². The van der Waals surface area contributed by atoms with Crippen molar-refractivity contribution in [3.63, 3.8) is 0 Å². The third kappa shape index (κ3) is 6.81. The fourth-order valence-electron chi connectivity index (χ4n) is 1.37. The molecule has 0 aliphatic carbocycles. The first-order chi connectivity index (χ1) is 8.76. The van der Waals surface area contributed by atoms with Gasteiger partial charge in [0, 0.05) is 6.42 Å². The zero-order chi connectivity index (χ0) is 14.5. The van der Waals surface area contributed by atoms with Crippen LogP contribution < -0.4 is 4.18 Å². The second kappa shape index (κ2) is 6.56. The summed E-state index contributed by atoms with van der Waals surface area (Å²) in [6, 6.07) is 6.35. The van der Waals surface area contributed by atoms with Crippen LogP contribution in [0.25, 0.3) is 0 Å². The van der Waals surface area contributed by atoms with Gasteiger partial charge in [-0.15, -0.1) is 0 Å². The molecule has 0 saturated carbocycles. The van der Waals surface area contributed by atoms with E-state index in [0.717, 1.165) is 11.8 Å². The summed E-state index contributed by atoms with van der Waals surface area (Å²) < 4.78 is 31.6. The lowest BCUT2D eigenvalue weighted by Gasteiger charge is -2.07. The molecule has 0 N–H and O–H groups in total. The van der Waals surface area contributed by atoms with Crippen LogP contribution in [0.15, 0.2) is 24.3 Å². The fourth-order valence-corrected chi connectivity index (χ4v) is 1.83. The summed E-state index contributed by atoms with van der Waals surface area (Å²) >= 11 is 0. The van der Waals surface area contributed by atoms with Gasteiger partial charge in [-0.3, -0.25) is 4.79 Å². The lowest BCUT2D eigenvalue weighted by Crippen LogP contribution is -2.08. The molecule has 0 bridgehead atoms. The van der Waals surface area contributed by atoms with E-state index in [1.165, 1.54) is 12.1 Å². The lowest BCUT2D eigenvalue weighted by atomic mass is 10.1. The molecule has 5 nitrogen and oxygen atoms in total. The van der Waals surface area contributed by atoms with Crippen LogP contribution in [0.2, 0.25) is 0 Å². The van der Waals surface area contributed by atoms with Crippen molar-refractivity contribution in [1.29, 1.82) is 0 Å². The summed E-state index contributed by atoms with van der Waals surface area (Å²) in [5.41, 5.74) is 0.776. The molecule has 0 aromatic heterocycles. The fraction of sp³-hybridized carbons (Fsp3) is 0.462. The van der Waals surface area contributed by atoms with Crippen molar-refractivity contribution in [1.82, 2.24) is 0 Å². The minimum Gasteiger partial charge on any atom is -0.461 e. The van der Waals surface area contributed by atoms with Crippen LogP contribution in [-0.2, 0) is 26.3 Å². The molecule has 0 amide bonds. The Hall–Kier alpha value is -1.56. The van der Waals surface area contributed by atoms with Crippen molar-refractivity contribution < 1.29 is 22.1 Å². The molecular weight excluding hydrogens is 268 g/mol. The largest absolute Gasteiger partial charge is 0.461 e. The molecule has 19 heavy (non-hydrogen) atoms. The van der Waals surface area contributed by atoms with Gasteiger partial charge in [-0.1, -0.05) is 26.0 Å². The number of ether oxygens (including phenoxy) is 1. The molecule has 0 unspecified atom stereocenters. The van der Waals surface area contributed by atoms with Crippen molar-refractivity contribution in [2.45, 2.75) is 26.9 Å². The Morgan fingerprint density at radius 1 is 1.21 bits per heavy atom. The van der Waals surface area contributed by atoms with Crippen molar-refractivity contribution in [3.05, 3.63) is 29.8 Å². The highest BCUT2D eigenvalue weighted by Gasteiger charge is 2.07. The van der Waals surface area contributed by atoms with Crippen LogP contribution in [0.3, 0.4) is 0 Å². The third-order valence-electron chi connectivity index (χ3n) is 2.15. The summed E-state index contributed by atoms with van der Waals surface area (Å²) in [5.74, 6) is 0.254. The van der Waals surface area contributed by atoms with Crippen molar-refractivity contribution in [2.75, 3.05) is 6.26 Å². The second-order valence-electron chi connectivity index (χ2n) is 4.69. The highest BCUT2D eigenvalue weighted by atomic mass is 32.2. The summed E-state index contributed by atoms with van der Waals surface area (Å²) in [4.78, 5) is 11.4. The van der Waals surface area contributed by atoms with Crippen molar-refractivity contribution in [2.24, 2.45) is 5.92 Å². The molecule has 1 rings (SSSR count). The molecule has 0 aliphatic rings. The van der Waals surface area contributed by atoms with E-state index in [1.54, 1.807) is 12.1 Å². The number of hydrogen-bond acceptors (Lipinski definition) is 5. The van der Waals surface area contributed by atoms with E-state index in [-0.39, 0.29) is 24.2 Å². The molecule has 1 aromatic carbocycles. The van der Waals surface area contributed by atoms with E-state index in [4.69, 9.17) is 8.92 Å². The van der Waals surface area contributed by atoms with Gasteiger partial charge in [-0.25, -0.2) is 0 Å². The van der Waals surface area contributed by atoms with Gasteiger partial charge in [0.2, 0.25) is 0 Å². The average Bonchev–Trinajstić information content (AvgIpc) is 2.25. The molecule has 0 fully saturated rings. The zero-order valence-corrected chi connectivity index (χ0v) is 12.1. The standard InChI is InChI=1S/C13H18O5S/c1-10(2)8-13(14)17-9-11-4-6-12(7-5-11)18-19(3,15)16/h4-7,10H,8-9H2,1-3H3. The molecule has 0 heterocycles. The third-order valence-corrected chi connectivity index (χ3v) is 2.64. The first kappa shape index (κ1) is 15.5. The summed E-state index contributed by atoms with van der Waals surface area (Å²) in [5, 5.41) is 0. The Labute approximate surface area is 113 Å².